The zero-order valence-corrected chi connectivity index (χ0v) is 20.5. The van der Waals surface area contributed by atoms with Gasteiger partial charge in [0.25, 0.3) is 0 Å². The van der Waals surface area contributed by atoms with Gasteiger partial charge in [0, 0.05) is 18.0 Å². The van der Waals surface area contributed by atoms with Crippen LogP contribution in [-0.2, 0) is 22.8 Å². The third-order valence-corrected chi connectivity index (χ3v) is 6.97. The minimum atomic E-state index is -0.0268. The van der Waals surface area contributed by atoms with Crippen molar-refractivity contribution in [2.75, 3.05) is 11.1 Å². The smallest absolute Gasteiger partial charge is 0.234 e. The van der Waals surface area contributed by atoms with Crippen LogP contribution in [0.1, 0.15) is 40.6 Å². The number of amides is 1. The summed E-state index contributed by atoms with van der Waals surface area (Å²) in [4.78, 5) is 12.5. The standard InChI is InChI=1S/C24H30N4OS2/c1-6-28-21(14-30-13-20-9-7-16(2)8-10-20)26-27-24(28)31-15-22(29)25-23-18(4)11-17(3)12-19(23)5/h7-12H,6,13-15H2,1-5H3,(H,25,29). The highest BCUT2D eigenvalue weighted by Crippen LogP contribution is 2.24. The third kappa shape index (κ3) is 6.37. The van der Waals surface area contributed by atoms with Gasteiger partial charge in [-0.25, -0.2) is 0 Å². The number of thioether (sulfide) groups is 2. The molecule has 0 fully saturated rings. The van der Waals surface area contributed by atoms with Gasteiger partial charge in [-0.2, -0.15) is 0 Å². The first-order chi connectivity index (χ1) is 14.9. The number of nitrogens with one attached hydrogen (secondary N) is 1. The molecule has 1 amide bonds. The molecule has 0 radical (unpaired) electrons. The first kappa shape index (κ1) is 23.4. The van der Waals surface area contributed by atoms with E-state index in [2.05, 4.69) is 77.3 Å². The van der Waals surface area contributed by atoms with E-state index in [1.165, 1.54) is 28.5 Å². The van der Waals surface area contributed by atoms with Crippen LogP contribution in [0.4, 0.5) is 5.69 Å². The van der Waals surface area contributed by atoms with E-state index >= 15 is 0 Å². The summed E-state index contributed by atoms with van der Waals surface area (Å²) >= 11 is 3.26. The summed E-state index contributed by atoms with van der Waals surface area (Å²) in [7, 11) is 0. The first-order valence-electron chi connectivity index (χ1n) is 10.4. The van der Waals surface area contributed by atoms with Crippen molar-refractivity contribution in [1.29, 1.82) is 0 Å². The first-order valence-corrected chi connectivity index (χ1v) is 12.6. The molecule has 7 heteroatoms. The van der Waals surface area contributed by atoms with E-state index in [4.69, 9.17) is 0 Å². The fourth-order valence-corrected chi connectivity index (χ4v) is 5.23. The van der Waals surface area contributed by atoms with Crippen LogP contribution < -0.4 is 5.32 Å². The van der Waals surface area contributed by atoms with Gasteiger partial charge in [0.05, 0.1) is 11.5 Å². The number of aryl methyl sites for hydroxylation is 4. The van der Waals surface area contributed by atoms with Gasteiger partial charge >= 0.3 is 0 Å². The van der Waals surface area contributed by atoms with Crippen molar-refractivity contribution < 1.29 is 4.79 Å². The summed E-state index contributed by atoms with van der Waals surface area (Å²) < 4.78 is 2.10. The van der Waals surface area contributed by atoms with Crippen LogP contribution in [0, 0.1) is 27.7 Å². The number of benzene rings is 2. The molecular formula is C24H30N4OS2. The maximum Gasteiger partial charge on any atom is 0.234 e. The van der Waals surface area contributed by atoms with Gasteiger partial charge in [0.2, 0.25) is 5.91 Å². The number of hydrogen-bond acceptors (Lipinski definition) is 5. The normalized spacial score (nSPS) is 11.0. The van der Waals surface area contributed by atoms with E-state index in [9.17, 15) is 4.79 Å². The van der Waals surface area contributed by atoms with E-state index in [0.717, 1.165) is 45.8 Å². The quantitative estimate of drug-likeness (QED) is 0.421. The molecule has 3 aromatic rings. The molecule has 0 aliphatic carbocycles. The number of nitrogens with zero attached hydrogens (tertiary/aromatic N) is 3. The lowest BCUT2D eigenvalue weighted by molar-refractivity contribution is -0.113. The Kier molecular flexibility index (Phi) is 8.21. The lowest BCUT2D eigenvalue weighted by Crippen LogP contribution is -2.16. The van der Waals surface area contributed by atoms with Gasteiger partial charge in [-0.15, -0.1) is 22.0 Å². The highest BCUT2D eigenvalue weighted by atomic mass is 32.2. The van der Waals surface area contributed by atoms with Crippen molar-refractivity contribution in [3.8, 4) is 0 Å². The van der Waals surface area contributed by atoms with Crippen molar-refractivity contribution in [1.82, 2.24) is 14.8 Å². The fraction of sp³-hybridized carbons (Fsp3) is 0.375. The van der Waals surface area contributed by atoms with E-state index < -0.39 is 0 Å². The average Bonchev–Trinajstić information content (AvgIpc) is 3.12. The van der Waals surface area contributed by atoms with Crippen LogP contribution >= 0.6 is 23.5 Å². The van der Waals surface area contributed by atoms with Crippen LogP contribution in [0.3, 0.4) is 0 Å². The highest BCUT2D eigenvalue weighted by molar-refractivity contribution is 7.99. The second-order valence-electron chi connectivity index (χ2n) is 7.73. The van der Waals surface area contributed by atoms with Crippen LogP contribution in [0.15, 0.2) is 41.6 Å². The molecule has 0 saturated heterocycles. The van der Waals surface area contributed by atoms with Crippen molar-refractivity contribution in [3.63, 3.8) is 0 Å². The average molecular weight is 455 g/mol. The van der Waals surface area contributed by atoms with Crippen molar-refractivity contribution in [3.05, 3.63) is 70.0 Å². The van der Waals surface area contributed by atoms with Gasteiger partial charge in [-0.05, 0) is 51.3 Å². The number of carbonyl (C=O) groups is 1. The second kappa shape index (κ2) is 10.9. The molecular weight excluding hydrogens is 424 g/mol. The van der Waals surface area contributed by atoms with Gasteiger partial charge in [-0.1, -0.05) is 59.3 Å². The van der Waals surface area contributed by atoms with Gasteiger partial charge in [-0.3, -0.25) is 4.79 Å². The Balaban J connectivity index is 1.55. The summed E-state index contributed by atoms with van der Waals surface area (Å²) in [6, 6.07) is 12.8. The molecule has 0 spiro atoms. The Morgan fingerprint density at radius 1 is 0.968 bits per heavy atom. The van der Waals surface area contributed by atoms with E-state index in [1.54, 1.807) is 0 Å². The lowest BCUT2D eigenvalue weighted by Gasteiger charge is -2.13. The highest BCUT2D eigenvalue weighted by Gasteiger charge is 2.14. The topological polar surface area (TPSA) is 59.8 Å². The van der Waals surface area contributed by atoms with E-state index in [0.29, 0.717) is 5.75 Å². The molecule has 0 saturated carbocycles. The Bertz CT molecular complexity index is 1020. The Morgan fingerprint density at radius 3 is 2.29 bits per heavy atom. The molecule has 1 N–H and O–H groups in total. The lowest BCUT2D eigenvalue weighted by atomic mass is 10.1. The molecule has 0 aliphatic heterocycles. The van der Waals surface area contributed by atoms with Gasteiger partial charge in [0.1, 0.15) is 5.82 Å². The van der Waals surface area contributed by atoms with Crippen molar-refractivity contribution in [2.24, 2.45) is 0 Å². The monoisotopic (exact) mass is 454 g/mol. The maximum atomic E-state index is 12.5. The number of anilines is 1. The van der Waals surface area contributed by atoms with Crippen LogP contribution in [0.2, 0.25) is 0 Å². The largest absolute Gasteiger partial charge is 0.325 e. The SMILES string of the molecule is CCn1c(CSCc2ccc(C)cc2)nnc1SCC(=O)Nc1c(C)cc(C)cc1C. The number of rotatable bonds is 9. The Labute approximate surface area is 193 Å². The molecule has 164 valence electrons. The molecule has 31 heavy (non-hydrogen) atoms. The summed E-state index contributed by atoms with van der Waals surface area (Å²) in [6.07, 6.45) is 0. The molecule has 1 aromatic heterocycles. The summed E-state index contributed by atoms with van der Waals surface area (Å²) in [5.41, 5.74) is 6.86. The molecule has 5 nitrogen and oxygen atoms in total. The Morgan fingerprint density at radius 2 is 1.65 bits per heavy atom. The molecule has 0 aliphatic rings. The molecule has 1 heterocycles. The van der Waals surface area contributed by atoms with Gasteiger partial charge in [0.15, 0.2) is 5.16 Å². The van der Waals surface area contributed by atoms with E-state index in [1.807, 2.05) is 25.6 Å². The second-order valence-corrected chi connectivity index (χ2v) is 9.66. The summed E-state index contributed by atoms with van der Waals surface area (Å²) in [5, 5.41) is 12.6. The van der Waals surface area contributed by atoms with Crippen LogP contribution in [0.25, 0.3) is 0 Å². The molecule has 0 unspecified atom stereocenters. The minimum absolute atomic E-state index is 0.0268. The number of hydrogen-bond donors (Lipinski definition) is 1. The van der Waals surface area contributed by atoms with E-state index in [-0.39, 0.29) is 5.91 Å². The third-order valence-electron chi connectivity index (χ3n) is 5.00. The predicted molar refractivity (Wildman–Crippen MR) is 132 cm³/mol. The summed E-state index contributed by atoms with van der Waals surface area (Å²) in [6.45, 7) is 11.1. The fourth-order valence-electron chi connectivity index (χ4n) is 3.48. The molecule has 2 aromatic carbocycles. The van der Waals surface area contributed by atoms with Crippen molar-refractivity contribution >= 4 is 35.1 Å². The number of carbonyl (C=O) groups excluding carboxylic acids is 1. The molecule has 0 atom stereocenters. The predicted octanol–water partition coefficient (Wildman–Crippen LogP) is 5.70. The Hall–Kier alpha value is -2.25. The zero-order chi connectivity index (χ0) is 22.4. The van der Waals surface area contributed by atoms with Crippen LogP contribution in [-0.4, -0.2) is 26.4 Å². The molecule has 3 rings (SSSR count). The van der Waals surface area contributed by atoms with Crippen molar-refractivity contribution in [2.45, 2.75) is 57.8 Å². The molecule has 0 bridgehead atoms. The minimum Gasteiger partial charge on any atom is -0.325 e. The van der Waals surface area contributed by atoms with Gasteiger partial charge < -0.3 is 9.88 Å². The zero-order valence-electron chi connectivity index (χ0n) is 18.9. The van der Waals surface area contributed by atoms with Crippen LogP contribution in [0.5, 0.6) is 0 Å². The summed E-state index contributed by atoms with van der Waals surface area (Å²) in [5.74, 6) is 2.97. The number of aromatic nitrogens is 3. The maximum absolute atomic E-state index is 12.5.